The van der Waals surface area contributed by atoms with Crippen LogP contribution in [0.1, 0.15) is 11.3 Å². The van der Waals surface area contributed by atoms with Gasteiger partial charge in [0.1, 0.15) is 17.1 Å². The Labute approximate surface area is 117 Å². The summed E-state index contributed by atoms with van der Waals surface area (Å²) in [6, 6.07) is 11.9. The van der Waals surface area contributed by atoms with Crippen molar-refractivity contribution >= 4 is 5.65 Å². The highest BCUT2D eigenvalue weighted by Gasteiger charge is 2.07. The number of aromatic nitrogens is 2. The van der Waals surface area contributed by atoms with Gasteiger partial charge in [0.05, 0.1) is 26.1 Å². The summed E-state index contributed by atoms with van der Waals surface area (Å²) in [6.07, 6.45) is 4.69. The highest BCUT2D eigenvalue weighted by molar-refractivity contribution is 5.44. The van der Waals surface area contributed by atoms with Crippen molar-refractivity contribution in [1.82, 2.24) is 9.38 Å². The SMILES string of the molecule is COc1ccc2nc(Cc3ccccc3OC)cn2c1. The molecule has 1 aromatic carbocycles. The van der Waals surface area contributed by atoms with E-state index in [1.807, 2.05) is 47.1 Å². The summed E-state index contributed by atoms with van der Waals surface area (Å²) in [5, 5.41) is 0. The minimum Gasteiger partial charge on any atom is -0.496 e. The molecule has 0 saturated heterocycles. The van der Waals surface area contributed by atoms with Crippen LogP contribution in [0.2, 0.25) is 0 Å². The molecular formula is C16H16N2O2. The zero-order valence-corrected chi connectivity index (χ0v) is 11.5. The lowest BCUT2D eigenvalue weighted by Gasteiger charge is -2.05. The van der Waals surface area contributed by atoms with Gasteiger partial charge in [0.2, 0.25) is 0 Å². The summed E-state index contributed by atoms with van der Waals surface area (Å²) < 4.78 is 12.6. The van der Waals surface area contributed by atoms with Gasteiger partial charge in [0.25, 0.3) is 0 Å². The Hall–Kier alpha value is -2.49. The molecule has 3 rings (SSSR count). The second-order valence-electron chi connectivity index (χ2n) is 4.56. The van der Waals surface area contributed by atoms with E-state index in [9.17, 15) is 0 Å². The zero-order chi connectivity index (χ0) is 13.9. The van der Waals surface area contributed by atoms with E-state index in [4.69, 9.17) is 9.47 Å². The Kier molecular flexibility index (Phi) is 3.29. The van der Waals surface area contributed by atoms with Crippen LogP contribution in [0, 0.1) is 0 Å². The second-order valence-corrected chi connectivity index (χ2v) is 4.56. The first kappa shape index (κ1) is 12.5. The second kappa shape index (κ2) is 5.25. The third-order valence-electron chi connectivity index (χ3n) is 3.27. The van der Waals surface area contributed by atoms with E-state index in [0.717, 1.165) is 34.8 Å². The molecule has 0 aliphatic heterocycles. The van der Waals surface area contributed by atoms with Crippen LogP contribution in [-0.4, -0.2) is 23.6 Å². The fourth-order valence-electron chi connectivity index (χ4n) is 2.27. The Balaban J connectivity index is 1.94. The van der Waals surface area contributed by atoms with Crippen LogP contribution >= 0.6 is 0 Å². The van der Waals surface area contributed by atoms with Crippen molar-refractivity contribution in [2.75, 3.05) is 14.2 Å². The summed E-state index contributed by atoms with van der Waals surface area (Å²) in [7, 11) is 3.35. The lowest BCUT2D eigenvalue weighted by Crippen LogP contribution is -1.93. The largest absolute Gasteiger partial charge is 0.496 e. The van der Waals surface area contributed by atoms with Crippen LogP contribution in [0.4, 0.5) is 0 Å². The van der Waals surface area contributed by atoms with Gasteiger partial charge in [-0.15, -0.1) is 0 Å². The summed E-state index contributed by atoms with van der Waals surface area (Å²) in [6.45, 7) is 0. The molecule has 2 aromatic heterocycles. The number of rotatable bonds is 4. The van der Waals surface area contributed by atoms with Crippen LogP contribution in [0.15, 0.2) is 48.8 Å². The van der Waals surface area contributed by atoms with E-state index < -0.39 is 0 Å². The highest BCUT2D eigenvalue weighted by atomic mass is 16.5. The molecule has 0 unspecified atom stereocenters. The maximum absolute atomic E-state index is 5.37. The number of methoxy groups -OCH3 is 2. The molecule has 0 amide bonds. The number of imidazole rings is 1. The zero-order valence-electron chi connectivity index (χ0n) is 11.5. The Morgan fingerprint density at radius 1 is 1.00 bits per heavy atom. The first-order chi connectivity index (χ1) is 9.80. The predicted molar refractivity (Wildman–Crippen MR) is 77.5 cm³/mol. The number of pyridine rings is 1. The summed E-state index contributed by atoms with van der Waals surface area (Å²) in [5.41, 5.74) is 3.05. The Morgan fingerprint density at radius 3 is 2.65 bits per heavy atom. The monoisotopic (exact) mass is 268 g/mol. The number of para-hydroxylation sites is 1. The smallest absolute Gasteiger partial charge is 0.137 e. The van der Waals surface area contributed by atoms with Gasteiger partial charge in [0, 0.05) is 18.2 Å². The number of fused-ring (bicyclic) bond motifs is 1. The van der Waals surface area contributed by atoms with Crippen LogP contribution < -0.4 is 9.47 Å². The predicted octanol–water partition coefficient (Wildman–Crippen LogP) is 2.94. The van der Waals surface area contributed by atoms with E-state index in [-0.39, 0.29) is 0 Å². The number of hydrogen-bond acceptors (Lipinski definition) is 3. The molecule has 0 saturated carbocycles. The molecule has 0 aliphatic rings. The average molecular weight is 268 g/mol. The normalized spacial score (nSPS) is 10.7. The van der Waals surface area contributed by atoms with E-state index in [1.54, 1.807) is 14.2 Å². The molecule has 0 atom stereocenters. The molecule has 4 heteroatoms. The molecule has 0 radical (unpaired) electrons. The summed E-state index contributed by atoms with van der Waals surface area (Å²) in [4.78, 5) is 4.61. The first-order valence-electron chi connectivity index (χ1n) is 6.43. The van der Waals surface area contributed by atoms with Crippen molar-refractivity contribution in [2.24, 2.45) is 0 Å². The van der Waals surface area contributed by atoms with Crippen molar-refractivity contribution in [2.45, 2.75) is 6.42 Å². The van der Waals surface area contributed by atoms with Crippen molar-refractivity contribution < 1.29 is 9.47 Å². The molecule has 0 aliphatic carbocycles. The quantitative estimate of drug-likeness (QED) is 0.730. The fourth-order valence-corrected chi connectivity index (χ4v) is 2.27. The third kappa shape index (κ3) is 2.32. The van der Waals surface area contributed by atoms with Crippen LogP contribution in [0.5, 0.6) is 11.5 Å². The van der Waals surface area contributed by atoms with Gasteiger partial charge in [-0.1, -0.05) is 18.2 Å². The topological polar surface area (TPSA) is 35.8 Å². The number of benzene rings is 1. The molecule has 102 valence electrons. The molecule has 3 aromatic rings. The van der Waals surface area contributed by atoms with Crippen molar-refractivity contribution in [3.05, 3.63) is 60.0 Å². The van der Waals surface area contributed by atoms with E-state index in [2.05, 4.69) is 11.1 Å². The van der Waals surface area contributed by atoms with Gasteiger partial charge < -0.3 is 13.9 Å². The number of nitrogens with zero attached hydrogens (tertiary/aromatic N) is 2. The van der Waals surface area contributed by atoms with Crippen LogP contribution in [-0.2, 0) is 6.42 Å². The van der Waals surface area contributed by atoms with E-state index in [0.29, 0.717) is 0 Å². The molecule has 0 bridgehead atoms. The lowest BCUT2D eigenvalue weighted by atomic mass is 10.1. The molecule has 0 N–H and O–H groups in total. The van der Waals surface area contributed by atoms with Gasteiger partial charge in [-0.2, -0.15) is 0 Å². The van der Waals surface area contributed by atoms with Gasteiger partial charge in [-0.05, 0) is 18.2 Å². The van der Waals surface area contributed by atoms with E-state index >= 15 is 0 Å². The molecule has 0 fully saturated rings. The molecule has 0 spiro atoms. The molecule has 2 heterocycles. The van der Waals surface area contributed by atoms with Gasteiger partial charge in [-0.3, -0.25) is 0 Å². The number of hydrogen-bond donors (Lipinski definition) is 0. The summed E-state index contributed by atoms with van der Waals surface area (Å²) >= 11 is 0. The van der Waals surface area contributed by atoms with Crippen LogP contribution in [0.3, 0.4) is 0 Å². The van der Waals surface area contributed by atoms with Gasteiger partial charge in [0.15, 0.2) is 0 Å². The number of ether oxygens (including phenoxy) is 2. The molecule has 4 nitrogen and oxygen atoms in total. The summed E-state index contributed by atoms with van der Waals surface area (Å²) in [5.74, 6) is 1.71. The third-order valence-corrected chi connectivity index (χ3v) is 3.27. The molecule has 20 heavy (non-hydrogen) atoms. The van der Waals surface area contributed by atoms with Crippen molar-refractivity contribution in [3.8, 4) is 11.5 Å². The van der Waals surface area contributed by atoms with Crippen molar-refractivity contribution in [3.63, 3.8) is 0 Å². The maximum Gasteiger partial charge on any atom is 0.137 e. The Bertz CT molecular complexity index is 734. The van der Waals surface area contributed by atoms with Gasteiger partial charge >= 0.3 is 0 Å². The molecular weight excluding hydrogens is 252 g/mol. The maximum atomic E-state index is 5.37. The fraction of sp³-hybridized carbons (Fsp3) is 0.188. The minimum atomic E-state index is 0.744. The lowest BCUT2D eigenvalue weighted by molar-refractivity contribution is 0.410. The van der Waals surface area contributed by atoms with Gasteiger partial charge in [-0.25, -0.2) is 4.98 Å². The standard InChI is InChI=1S/C16H16N2O2/c1-19-14-7-8-16-17-13(10-18(16)11-14)9-12-5-3-4-6-15(12)20-2/h3-8,10-11H,9H2,1-2H3. The minimum absolute atomic E-state index is 0.744. The average Bonchev–Trinajstić information content (AvgIpc) is 2.89. The van der Waals surface area contributed by atoms with Crippen molar-refractivity contribution in [1.29, 1.82) is 0 Å². The first-order valence-corrected chi connectivity index (χ1v) is 6.43. The van der Waals surface area contributed by atoms with Crippen LogP contribution in [0.25, 0.3) is 5.65 Å². The Morgan fingerprint density at radius 2 is 1.85 bits per heavy atom. The highest BCUT2D eigenvalue weighted by Crippen LogP contribution is 2.21. The van der Waals surface area contributed by atoms with E-state index in [1.165, 1.54) is 0 Å².